The number of hydrogen-bond donors (Lipinski definition) is 4. The van der Waals surface area contributed by atoms with Crippen LogP contribution in [-0.2, 0) is 9.59 Å². The number of carboxylic acid groups (broad SMARTS) is 1. The fraction of sp³-hybridized carbons (Fsp3) is 0.800. The van der Waals surface area contributed by atoms with Gasteiger partial charge in [0.05, 0.1) is 18.7 Å². The van der Waals surface area contributed by atoms with Gasteiger partial charge in [-0.15, -0.1) is 0 Å². The van der Waals surface area contributed by atoms with E-state index in [4.69, 9.17) is 15.9 Å². The minimum atomic E-state index is -0.981. The summed E-state index contributed by atoms with van der Waals surface area (Å²) in [5, 5.41) is 20.0. The molecule has 0 aliphatic carbocycles. The molecule has 0 radical (unpaired) electrons. The highest BCUT2D eigenvalue weighted by atomic mass is 16.4. The summed E-state index contributed by atoms with van der Waals surface area (Å²) in [6.45, 7) is 3.57. The first kappa shape index (κ1) is 14.9. The molecule has 2 unspecified atom stereocenters. The standard InChI is InChI=1S/C10H20N2O4/c1-6(2)8(5-13)12-10(16)7(11)3-4-9(14)15/h6-8,13H,3-5,11H2,1-2H3,(H,12,16)(H,14,15). The van der Waals surface area contributed by atoms with Gasteiger partial charge >= 0.3 is 5.97 Å². The Morgan fingerprint density at radius 3 is 2.31 bits per heavy atom. The maximum absolute atomic E-state index is 11.5. The summed E-state index contributed by atoms with van der Waals surface area (Å²) in [6, 6.07) is -1.19. The number of carbonyl (C=O) groups is 2. The van der Waals surface area contributed by atoms with E-state index < -0.39 is 17.9 Å². The number of rotatable bonds is 7. The number of nitrogens with one attached hydrogen (secondary N) is 1. The van der Waals surface area contributed by atoms with Gasteiger partial charge < -0.3 is 21.3 Å². The zero-order chi connectivity index (χ0) is 12.7. The second-order valence-corrected chi connectivity index (χ2v) is 4.08. The topological polar surface area (TPSA) is 113 Å². The molecular weight excluding hydrogens is 212 g/mol. The van der Waals surface area contributed by atoms with E-state index in [1.54, 1.807) is 0 Å². The van der Waals surface area contributed by atoms with Crippen LogP contribution < -0.4 is 11.1 Å². The Bertz CT molecular complexity index is 243. The number of hydrogen-bond acceptors (Lipinski definition) is 4. The number of aliphatic hydroxyl groups is 1. The highest BCUT2D eigenvalue weighted by molar-refractivity contribution is 5.82. The molecule has 2 atom stereocenters. The van der Waals surface area contributed by atoms with Gasteiger partial charge in [-0.3, -0.25) is 9.59 Å². The van der Waals surface area contributed by atoms with Crippen molar-refractivity contribution in [1.29, 1.82) is 0 Å². The number of carbonyl (C=O) groups excluding carboxylic acids is 1. The van der Waals surface area contributed by atoms with Crippen LogP contribution >= 0.6 is 0 Å². The molecule has 0 spiro atoms. The smallest absolute Gasteiger partial charge is 0.303 e. The molecule has 0 rings (SSSR count). The third kappa shape index (κ3) is 5.67. The van der Waals surface area contributed by atoms with Crippen LogP contribution in [0.4, 0.5) is 0 Å². The van der Waals surface area contributed by atoms with Crippen LogP contribution in [-0.4, -0.2) is 40.8 Å². The average Bonchev–Trinajstić information content (AvgIpc) is 2.21. The first-order chi connectivity index (χ1) is 7.38. The number of aliphatic carboxylic acids is 1. The van der Waals surface area contributed by atoms with Crippen LogP contribution in [0, 0.1) is 5.92 Å². The first-order valence-electron chi connectivity index (χ1n) is 5.27. The van der Waals surface area contributed by atoms with Crippen LogP contribution in [0.3, 0.4) is 0 Å². The predicted molar refractivity (Wildman–Crippen MR) is 58.7 cm³/mol. The number of aliphatic hydroxyl groups excluding tert-OH is 1. The highest BCUT2D eigenvalue weighted by Crippen LogP contribution is 2.02. The molecule has 94 valence electrons. The Balaban J connectivity index is 4.08. The van der Waals surface area contributed by atoms with Gasteiger partial charge in [-0.2, -0.15) is 0 Å². The number of nitrogens with two attached hydrogens (primary N) is 1. The molecule has 0 aliphatic rings. The van der Waals surface area contributed by atoms with Crippen molar-refractivity contribution < 1.29 is 19.8 Å². The van der Waals surface area contributed by atoms with Crippen LogP contribution in [0.2, 0.25) is 0 Å². The van der Waals surface area contributed by atoms with Gasteiger partial charge in [0.15, 0.2) is 0 Å². The van der Waals surface area contributed by atoms with Gasteiger partial charge in [0, 0.05) is 6.42 Å². The van der Waals surface area contributed by atoms with Crippen LogP contribution in [0.15, 0.2) is 0 Å². The molecular formula is C10H20N2O4. The maximum Gasteiger partial charge on any atom is 0.303 e. The first-order valence-corrected chi connectivity index (χ1v) is 5.27. The second kappa shape index (κ2) is 7.19. The monoisotopic (exact) mass is 232 g/mol. The van der Waals surface area contributed by atoms with Crippen molar-refractivity contribution in [3.63, 3.8) is 0 Å². The fourth-order valence-corrected chi connectivity index (χ4v) is 1.12. The van der Waals surface area contributed by atoms with E-state index in [9.17, 15) is 9.59 Å². The van der Waals surface area contributed by atoms with E-state index in [-0.39, 0.29) is 31.4 Å². The summed E-state index contributed by atoms with van der Waals surface area (Å²) in [7, 11) is 0. The molecule has 0 fully saturated rings. The zero-order valence-electron chi connectivity index (χ0n) is 9.64. The molecule has 0 heterocycles. The van der Waals surface area contributed by atoms with Crippen LogP contribution in [0.25, 0.3) is 0 Å². The summed E-state index contributed by atoms with van der Waals surface area (Å²) in [5.41, 5.74) is 5.51. The van der Waals surface area contributed by atoms with E-state index in [0.717, 1.165) is 0 Å². The number of carboxylic acids is 1. The van der Waals surface area contributed by atoms with E-state index in [2.05, 4.69) is 5.32 Å². The molecule has 0 aromatic heterocycles. The SMILES string of the molecule is CC(C)C(CO)NC(=O)C(N)CCC(=O)O. The Morgan fingerprint density at radius 1 is 1.38 bits per heavy atom. The molecule has 0 aliphatic heterocycles. The largest absolute Gasteiger partial charge is 0.481 e. The van der Waals surface area contributed by atoms with Crippen molar-refractivity contribution in [2.45, 2.75) is 38.8 Å². The van der Waals surface area contributed by atoms with Gasteiger partial charge in [0.2, 0.25) is 5.91 Å². The lowest BCUT2D eigenvalue weighted by molar-refractivity contribution is -0.137. The van der Waals surface area contributed by atoms with Crippen molar-refractivity contribution in [3.05, 3.63) is 0 Å². The fourth-order valence-electron chi connectivity index (χ4n) is 1.12. The van der Waals surface area contributed by atoms with Gasteiger partial charge in [0.25, 0.3) is 0 Å². The van der Waals surface area contributed by atoms with Crippen LogP contribution in [0.5, 0.6) is 0 Å². The highest BCUT2D eigenvalue weighted by Gasteiger charge is 2.20. The molecule has 0 saturated heterocycles. The molecule has 0 bridgehead atoms. The van der Waals surface area contributed by atoms with Gasteiger partial charge in [-0.1, -0.05) is 13.8 Å². The summed E-state index contributed by atoms with van der Waals surface area (Å²) >= 11 is 0. The molecule has 0 aromatic rings. The van der Waals surface area contributed by atoms with Crippen molar-refractivity contribution in [1.82, 2.24) is 5.32 Å². The number of amides is 1. The van der Waals surface area contributed by atoms with Gasteiger partial charge in [-0.05, 0) is 12.3 Å². The lowest BCUT2D eigenvalue weighted by Crippen LogP contribution is -2.48. The zero-order valence-corrected chi connectivity index (χ0v) is 9.64. The Hall–Kier alpha value is -1.14. The van der Waals surface area contributed by atoms with Crippen molar-refractivity contribution in [2.75, 3.05) is 6.61 Å². The Labute approximate surface area is 94.8 Å². The van der Waals surface area contributed by atoms with E-state index in [1.165, 1.54) is 0 Å². The lowest BCUT2D eigenvalue weighted by Gasteiger charge is -2.21. The quantitative estimate of drug-likeness (QED) is 0.464. The normalized spacial score (nSPS) is 14.6. The minimum Gasteiger partial charge on any atom is -0.481 e. The molecule has 5 N–H and O–H groups in total. The Morgan fingerprint density at radius 2 is 1.94 bits per heavy atom. The minimum absolute atomic E-state index is 0.0947. The Kier molecular flexibility index (Phi) is 6.67. The van der Waals surface area contributed by atoms with Crippen molar-refractivity contribution >= 4 is 11.9 Å². The predicted octanol–water partition coefficient (Wildman–Crippen LogP) is -0.688. The van der Waals surface area contributed by atoms with E-state index in [1.807, 2.05) is 13.8 Å². The molecule has 0 aromatic carbocycles. The van der Waals surface area contributed by atoms with E-state index in [0.29, 0.717) is 0 Å². The molecule has 1 amide bonds. The average molecular weight is 232 g/mol. The molecule has 0 saturated carbocycles. The van der Waals surface area contributed by atoms with Crippen LogP contribution in [0.1, 0.15) is 26.7 Å². The van der Waals surface area contributed by atoms with Crippen molar-refractivity contribution in [3.8, 4) is 0 Å². The molecule has 6 heteroatoms. The summed E-state index contributed by atoms with van der Waals surface area (Å²) in [5.74, 6) is -1.31. The molecule has 16 heavy (non-hydrogen) atoms. The second-order valence-electron chi connectivity index (χ2n) is 4.08. The lowest BCUT2D eigenvalue weighted by atomic mass is 10.0. The maximum atomic E-state index is 11.5. The van der Waals surface area contributed by atoms with Gasteiger partial charge in [-0.25, -0.2) is 0 Å². The third-order valence-corrected chi connectivity index (χ3v) is 2.34. The summed E-state index contributed by atoms with van der Waals surface area (Å²) in [6.07, 6.45) is -0.0442. The summed E-state index contributed by atoms with van der Waals surface area (Å²) in [4.78, 5) is 21.8. The molecule has 6 nitrogen and oxygen atoms in total. The van der Waals surface area contributed by atoms with Crippen molar-refractivity contribution in [2.24, 2.45) is 11.7 Å². The van der Waals surface area contributed by atoms with E-state index >= 15 is 0 Å². The van der Waals surface area contributed by atoms with Gasteiger partial charge in [0.1, 0.15) is 0 Å². The third-order valence-electron chi connectivity index (χ3n) is 2.34. The summed E-state index contributed by atoms with van der Waals surface area (Å²) < 4.78 is 0.